The van der Waals surface area contributed by atoms with Crippen molar-refractivity contribution in [1.82, 2.24) is 15.2 Å². The maximum Gasteiger partial charge on any atom is 0.223 e. The number of carbonyl (C=O) groups excluding carboxylic acids is 1. The van der Waals surface area contributed by atoms with Gasteiger partial charge in [0.1, 0.15) is 6.17 Å². The van der Waals surface area contributed by atoms with Crippen molar-refractivity contribution in [3.05, 3.63) is 48.3 Å². The Morgan fingerprint density at radius 2 is 2.00 bits per heavy atom. The van der Waals surface area contributed by atoms with Gasteiger partial charge in [0, 0.05) is 42.0 Å². The Hall–Kier alpha value is -2.73. The van der Waals surface area contributed by atoms with Gasteiger partial charge in [-0.2, -0.15) is 0 Å². The number of pyridine rings is 1. The maximum absolute atomic E-state index is 14.7. The third-order valence-corrected chi connectivity index (χ3v) is 6.98. The Balaban J connectivity index is 1.43. The van der Waals surface area contributed by atoms with Crippen molar-refractivity contribution in [2.75, 3.05) is 32.0 Å². The van der Waals surface area contributed by atoms with Gasteiger partial charge in [0.2, 0.25) is 5.91 Å². The molecule has 0 spiro atoms. The van der Waals surface area contributed by atoms with Crippen LogP contribution in [0.3, 0.4) is 0 Å². The van der Waals surface area contributed by atoms with Crippen LogP contribution < -0.4 is 10.6 Å². The van der Waals surface area contributed by atoms with E-state index in [1.807, 2.05) is 36.2 Å². The van der Waals surface area contributed by atoms with Crippen molar-refractivity contribution in [2.24, 2.45) is 11.8 Å². The van der Waals surface area contributed by atoms with E-state index in [9.17, 15) is 9.18 Å². The number of anilines is 1. The molecule has 5 rings (SSSR count). The topological polar surface area (TPSA) is 57.3 Å². The summed E-state index contributed by atoms with van der Waals surface area (Å²) in [4.78, 5) is 18.9. The van der Waals surface area contributed by atoms with Crippen molar-refractivity contribution in [2.45, 2.75) is 44.3 Å². The number of hydrogen-bond donors (Lipinski definition) is 2. The maximum atomic E-state index is 14.7. The van der Waals surface area contributed by atoms with Gasteiger partial charge in [-0.3, -0.25) is 4.79 Å². The fourth-order valence-corrected chi connectivity index (χ4v) is 4.63. The molecule has 3 fully saturated rings. The number of piperidine rings is 1. The van der Waals surface area contributed by atoms with Crippen LogP contribution in [0.1, 0.15) is 43.5 Å². The van der Waals surface area contributed by atoms with Crippen LogP contribution in [0.25, 0.3) is 22.4 Å². The van der Waals surface area contributed by atoms with E-state index in [-0.39, 0.29) is 17.9 Å². The average molecular weight is 449 g/mol. The molecule has 5 nitrogen and oxygen atoms in total. The van der Waals surface area contributed by atoms with Crippen LogP contribution in [0.5, 0.6) is 0 Å². The van der Waals surface area contributed by atoms with Crippen LogP contribution in [0.2, 0.25) is 0 Å². The molecule has 1 saturated heterocycles. The molecule has 3 aliphatic rings. The lowest BCUT2D eigenvalue weighted by molar-refractivity contribution is -0.122. The summed E-state index contributed by atoms with van der Waals surface area (Å²) in [6, 6.07) is 7.98. The van der Waals surface area contributed by atoms with E-state index in [2.05, 4.69) is 29.3 Å². The first kappa shape index (κ1) is 22.1. The lowest BCUT2D eigenvalue weighted by atomic mass is 9.98. The molecule has 33 heavy (non-hydrogen) atoms. The molecule has 2 heterocycles. The average Bonchev–Trinajstić information content (AvgIpc) is 3.70. The van der Waals surface area contributed by atoms with Gasteiger partial charge >= 0.3 is 0 Å². The highest BCUT2D eigenvalue weighted by Crippen LogP contribution is 2.43. The predicted molar refractivity (Wildman–Crippen MR) is 133 cm³/mol. The monoisotopic (exact) mass is 448 g/mol. The largest absolute Gasteiger partial charge is 0.379 e. The van der Waals surface area contributed by atoms with Gasteiger partial charge in [-0.25, -0.2) is 9.37 Å². The Morgan fingerprint density at radius 3 is 2.73 bits per heavy atom. The number of rotatable bonds is 8. The molecular weight excluding hydrogens is 415 g/mol. The van der Waals surface area contributed by atoms with Gasteiger partial charge in [-0.15, -0.1) is 0 Å². The summed E-state index contributed by atoms with van der Waals surface area (Å²) >= 11 is 0. The highest BCUT2D eigenvalue weighted by molar-refractivity contribution is 6.00. The summed E-state index contributed by atoms with van der Waals surface area (Å²) in [6.45, 7) is 6.19. The number of aromatic nitrogens is 1. The van der Waals surface area contributed by atoms with E-state index in [0.29, 0.717) is 19.0 Å². The zero-order valence-electron chi connectivity index (χ0n) is 19.3. The van der Waals surface area contributed by atoms with Crippen LogP contribution in [0.15, 0.2) is 36.9 Å². The molecule has 2 atom stereocenters. The smallest absolute Gasteiger partial charge is 0.223 e. The summed E-state index contributed by atoms with van der Waals surface area (Å²) in [5.74, 6) is 0.844. The number of nitrogens with zero attached hydrogens (tertiary/aromatic N) is 2. The molecule has 0 bridgehead atoms. The van der Waals surface area contributed by atoms with Crippen molar-refractivity contribution in [1.29, 1.82) is 0 Å². The molecule has 2 aliphatic carbocycles. The number of carbonyl (C=O) groups is 1. The highest BCUT2D eigenvalue weighted by Gasteiger charge is 2.30. The van der Waals surface area contributed by atoms with Gasteiger partial charge in [0.15, 0.2) is 0 Å². The first-order chi connectivity index (χ1) is 16.0. The van der Waals surface area contributed by atoms with Crippen molar-refractivity contribution in [3.8, 4) is 0 Å². The second-order valence-electron chi connectivity index (χ2n) is 9.84. The first-order valence-corrected chi connectivity index (χ1v) is 12.2. The molecular formula is C27H33FN4O. The minimum absolute atomic E-state index is 0.138. The fourth-order valence-electron chi connectivity index (χ4n) is 4.63. The fraction of sp³-hybridized carbons (Fsp3) is 0.481. The Kier molecular flexibility index (Phi) is 6.19. The lowest BCUT2D eigenvalue weighted by Crippen LogP contribution is -2.46. The number of alkyl halides is 1. The SMILES string of the molecule is C=C(c1nc(/C=C/CNC(=O)C2CC2)cc2c(N[C@@H]3CCN(C)CC3F)cccc12)C1CC1. The van der Waals surface area contributed by atoms with E-state index in [4.69, 9.17) is 4.98 Å². The van der Waals surface area contributed by atoms with Crippen molar-refractivity contribution in [3.63, 3.8) is 0 Å². The standard InChI is InChI=1S/C27H33FN4O/c1-17(18-8-9-18)26-21-6-3-7-24(31-25-12-14-32(2)16-23(25)28)22(21)15-20(30-26)5-4-13-29-27(33)19-10-11-19/h3-7,15,18-19,23,25,31H,1,8-14,16H2,2H3,(H,29,33)/b5-4+/t23?,25-/m1/s1. The molecule has 1 unspecified atom stereocenters. The molecule has 2 aromatic rings. The number of halogens is 1. The van der Waals surface area contributed by atoms with Gasteiger partial charge in [-0.05, 0) is 68.9 Å². The van der Waals surface area contributed by atoms with E-state index < -0.39 is 6.17 Å². The van der Waals surface area contributed by atoms with E-state index in [1.165, 1.54) is 0 Å². The number of amides is 1. The summed E-state index contributed by atoms with van der Waals surface area (Å²) in [7, 11) is 1.97. The summed E-state index contributed by atoms with van der Waals surface area (Å²) < 4.78 is 14.7. The van der Waals surface area contributed by atoms with E-state index >= 15 is 0 Å². The third kappa shape index (κ3) is 5.11. The molecule has 2 N–H and O–H groups in total. The van der Waals surface area contributed by atoms with E-state index in [1.54, 1.807) is 0 Å². The minimum atomic E-state index is -0.906. The number of hydrogen-bond acceptors (Lipinski definition) is 4. The highest BCUT2D eigenvalue weighted by atomic mass is 19.1. The predicted octanol–water partition coefficient (Wildman–Crippen LogP) is 4.65. The van der Waals surface area contributed by atoms with Crippen LogP contribution in [0, 0.1) is 11.8 Å². The van der Waals surface area contributed by atoms with Gasteiger partial charge < -0.3 is 15.5 Å². The number of likely N-dealkylation sites (tertiary alicyclic amines) is 1. The zero-order valence-corrected chi connectivity index (χ0v) is 19.3. The molecule has 1 aromatic heterocycles. The van der Waals surface area contributed by atoms with Gasteiger partial charge in [0.25, 0.3) is 0 Å². The van der Waals surface area contributed by atoms with Crippen LogP contribution >= 0.6 is 0 Å². The van der Waals surface area contributed by atoms with Crippen LogP contribution in [-0.4, -0.2) is 54.7 Å². The van der Waals surface area contributed by atoms with Crippen LogP contribution in [0.4, 0.5) is 10.1 Å². The lowest BCUT2D eigenvalue weighted by Gasteiger charge is -2.33. The number of fused-ring (bicyclic) bond motifs is 1. The van der Waals surface area contributed by atoms with Crippen molar-refractivity contribution >= 4 is 34.0 Å². The second kappa shape index (κ2) is 9.26. The summed E-state index contributed by atoms with van der Waals surface area (Å²) in [5.41, 5.74) is 3.78. The van der Waals surface area contributed by atoms with Gasteiger partial charge in [0.05, 0.1) is 17.4 Å². The quantitative estimate of drug-likeness (QED) is 0.617. The Bertz CT molecular complexity index is 1090. The zero-order chi connectivity index (χ0) is 22.9. The molecule has 1 amide bonds. The number of allylic oxidation sites excluding steroid dienone is 1. The third-order valence-electron chi connectivity index (χ3n) is 6.98. The molecule has 174 valence electrons. The molecule has 0 radical (unpaired) electrons. The number of benzene rings is 1. The summed E-state index contributed by atoms with van der Waals surface area (Å²) in [5, 5.41) is 8.55. The second-order valence-corrected chi connectivity index (χ2v) is 9.84. The molecule has 1 aliphatic heterocycles. The molecule has 1 aromatic carbocycles. The van der Waals surface area contributed by atoms with Crippen LogP contribution in [-0.2, 0) is 4.79 Å². The Morgan fingerprint density at radius 1 is 1.21 bits per heavy atom. The molecule has 6 heteroatoms. The van der Waals surface area contributed by atoms with Crippen molar-refractivity contribution < 1.29 is 9.18 Å². The first-order valence-electron chi connectivity index (χ1n) is 12.2. The summed E-state index contributed by atoms with van der Waals surface area (Å²) in [6.07, 6.45) is 8.09. The van der Waals surface area contributed by atoms with E-state index in [0.717, 1.165) is 72.1 Å². The Labute approximate surface area is 195 Å². The minimum Gasteiger partial charge on any atom is -0.379 e. The number of nitrogens with one attached hydrogen (secondary N) is 2. The normalized spacial score (nSPS) is 23.7. The molecule has 2 saturated carbocycles. The van der Waals surface area contributed by atoms with Gasteiger partial charge in [-0.1, -0.05) is 24.8 Å².